The fourth-order valence-electron chi connectivity index (χ4n) is 3.26. The minimum atomic E-state index is -0.123. The SMILES string of the molecule is O=C(C[C@@H](Nc1ccc2ccccc2c1)c1ccncc1)c1ccccc1. The molecule has 3 heteroatoms. The van der Waals surface area contributed by atoms with Gasteiger partial charge in [-0.25, -0.2) is 0 Å². The molecule has 0 bridgehead atoms. The molecular formula is C24H20N2O. The van der Waals surface area contributed by atoms with Crippen LogP contribution in [0.3, 0.4) is 0 Å². The number of carbonyl (C=O) groups excluding carboxylic acids is 1. The standard InChI is InChI=1S/C24H20N2O/c27-24(20-7-2-1-3-8-20)17-23(19-12-14-25-15-13-19)26-22-11-10-18-6-4-5-9-21(18)16-22/h1-16,23,26H,17H2/t23-/m1/s1. The van der Waals surface area contributed by atoms with Gasteiger partial charge in [0.25, 0.3) is 0 Å². The van der Waals surface area contributed by atoms with Crippen LogP contribution >= 0.6 is 0 Å². The number of ketones is 1. The third kappa shape index (κ3) is 4.04. The van der Waals surface area contributed by atoms with E-state index in [1.54, 1.807) is 12.4 Å². The Bertz CT molecular complexity index is 1050. The molecular weight excluding hydrogens is 332 g/mol. The molecule has 4 aromatic rings. The zero-order valence-corrected chi connectivity index (χ0v) is 14.9. The average molecular weight is 352 g/mol. The van der Waals surface area contributed by atoms with Gasteiger partial charge in [-0.2, -0.15) is 0 Å². The molecule has 0 aliphatic heterocycles. The number of fused-ring (bicyclic) bond motifs is 1. The second-order valence-electron chi connectivity index (χ2n) is 6.53. The van der Waals surface area contributed by atoms with Crippen LogP contribution in [0, 0.1) is 0 Å². The second-order valence-corrected chi connectivity index (χ2v) is 6.53. The summed E-state index contributed by atoms with van der Waals surface area (Å²) in [5, 5.41) is 5.91. The number of hydrogen-bond acceptors (Lipinski definition) is 3. The van der Waals surface area contributed by atoms with Crippen molar-refractivity contribution in [3.63, 3.8) is 0 Å². The Morgan fingerprint density at radius 1 is 0.815 bits per heavy atom. The Labute approximate surface area is 158 Å². The van der Waals surface area contributed by atoms with Crippen LogP contribution < -0.4 is 5.32 Å². The number of rotatable bonds is 6. The number of Topliss-reactive ketones (excluding diaryl/α,β-unsaturated/α-hetero) is 1. The summed E-state index contributed by atoms with van der Waals surface area (Å²) in [5.41, 5.74) is 2.77. The van der Waals surface area contributed by atoms with E-state index in [2.05, 4.69) is 40.6 Å². The van der Waals surface area contributed by atoms with Gasteiger partial charge in [0.2, 0.25) is 0 Å². The minimum absolute atomic E-state index is 0.116. The summed E-state index contributed by atoms with van der Waals surface area (Å²) in [6.45, 7) is 0. The molecule has 1 heterocycles. The maximum atomic E-state index is 12.8. The van der Waals surface area contributed by atoms with Crippen LogP contribution in [0.15, 0.2) is 97.3 Å². The predicted molar refractivity (Wildman–Crippen MR) is 110 cm³/mol. The third-order valence-electron chi connectivity index (χ3n) is 4.68. The smallest absolute Gasteiger partial charge is 0.165 e. The van der Waals surface area contributed by atoms with E-state index in [9.17, 15) is 4.79 Å². The Morgan fingerprint density at radius 2 is 1.52 bits per heavy atom. The predicted octanol–water partition coefficient (Wildman–Crippen LogP) is 5.66. The largest absolute Gasteiger partial charge is 0.378 e. The zero-order valence-electron chi connectivity index (χ0n) is 14.9. The number of pyridine rings is 1. The molecule has 1 N–H and O–H groups in total. The fraction of sp³-hybridized carbons (Fsp3) is 0.0833. The van der Waals surface area contributed by atoms with E-state index in [4.69, 9.17) is 0 Å². The van der Waals surface area contributed by atoms with Crippen molar-refractivity contribution in [1.82, 2.24) is 4.98 Å². The summed E-state index contributed by atoms with van der Waals surface area (Å²) in [6, 6.07) is 27.8. The molecule has 27 heavy (non-hydrogen) atoms. The minimum Gasteiger partial charge on any atom is -0.378 e. The van der Waals surface area contributed by atoms with Crippen LogP contribution in [0.2, 0.25) is 0 Å². The van der Waals surface area contributed by atoms with Gasteiger partial charge in [0.1, 0.15) is 0 Å². The van der Waals surface area contributed by atoms with E-state index >= 15 is 0 Å². The van der Waals surface area contributed by atoms with Crippen LogP contribution in [0.4, 0.5) is 5.69 Å². The molecule has 0 saturated carbocycles. The highest BCUT2D eigenvalue weighted by molar-refractivity contribution is 5.96. The summed E-state index contributed by atoms with van der Waals surface area (Å²) >= 11 is 0. The topological polar surface area (TPSA) is 42.0 Å². The highest BCUT2D eigenvalue weighted by atomic mass is 16.1. The monoisotopic (exact) mass is 352 g/mol. The van der Waals surface area contributed by atoms with Crippen LogP contribution in [0.1, 0.15) is 28.4 Å². The Kier molecular flexibility index (Phi) is 4.93. The summed E-state index contributed by atoms with van der Waals surface area (Å²) in [6.07, 6.45) is 3.90. The van der Waals surface area contributed by atoms with Crippen molar-refractivity contribution >= 4 is 22.2 Å². The van der Waals surface area contributed by atoms with E-state index in [0.29, 0.717) is 6.42 Å². The molecule has 0 amide bonds. The van der Waals surface area contributed by atoms with E-state index in [0.717, 1.165) is 16.8 Å². The van der Waals surface area contributed by atoms with E-state index < -0.39 is 0 Å². The summed E-state index contributed by atoms with van der Waals surface area (Å²) in [7, 11) is 0. The Morgan fingerprint density at radius 3 is 2.30 bits per heavy atom. The fourth-order valence-corrected chi connectivity index (χ4v) is 3.26. The van der Waals surface area contributed by atoms with Gasteiger partial charge >= 0.3 is 0 Å². The van der Waals surface area contributed by atoms with Crippen molar-refractivity contribution < 1.29 is 4.79 Å². The number of nitrogens with one attached hydrogen (secondary N) is 1. The Balaban J connectivity index is 1.62. The molecule has 0 fully saturated rings. The van der Waals surface area contributed by atoms with Crippen LogP contribution in [-0.2, 0) is 0 Å². The molecule has 0 aliphatic rings. The van der Waals surface area contributed by atoms with Gasteiger partial charge in [-0.1, -0.05) is 60.7 Å². The zero-order chi connectivity index (χ0) is 18.5. The lowest BCUT2D eigenvalue weighted by Gasteiger charge is -2.20. The first-order valence-corrected chi connectivity index (χ1v) is 9.03. The normalized spacial score (nSPS) is 11.9. The molecule has 3 nitrogen and oxygen atoms in total. The van der Waals surface area contributed by atoms with Crippen molar-refractivity contribution in [2.45, 2.75) is 12.5 Å². The number of aromatic nitrogens is 1. The molecule has 0 unspecified atom stereocenters. The number of nitrogens with zero attached hydrogens (tertiary/aromatic N) is 1. The quantitative estimate of drug-likeness (QED) is 0.455. The molecule has 0 saturated heterocycles. The molecule has 0 spiro atoms. The average Bonchev–Trinajstić information content (AvgIpc) is 2.74. The Hall–Kier alpha value is -3.46. The first kappa shape index (κ1) is 17.0. The van der Waals surface area contributed by atoms with Gasteiger partial charge in [-0.05, 0) is 40.6 Å². The van der Waals surface area contributed by atoms with Crippen molar-refractivity contribution in [3.8, 4) is 0 Å². The maximum absolute atomic E-state index is 12.8. The van der Waals surface area contributed by atoms with Gasteiger partial charge in [-0.3, -0.25) is 9.78 Å². The van der Waals surface area contributed by atoms with Gasteiger partial charge in [0, 0.05) is 30.1 Å². The number of benzene rings is 3. The molecule has 1 aromatic heterocycles. The van der Waals surface area contributed by atoms with Crippen molar-refractivity contribution in [1.29, 1.82) is 0 Å². The first-order chi connectivity index (χ1) is 13.3. The van der Waals surface area contributed by atoms with Crippen LogP contribution in [0.5, 0.6) is 0 Å². The number of carbonyl (C=O) groups is 1. The van der Waals surface area contributed by atoms with Crippen molar-refractivity contribution in [3.05, 3.63) is 108 Å². The molecule has 3 aromatic carbocycles. The third-order valence-corrected chi connectivity index (χ3v) is 4.68. The molecule has 0 aliphatic carbocycles. The van der Waals surface area contributed by atoms with Gasteiger partial charge < -0.3 is 5.32 Å². The lowest BCUT2D eigenvalue weighted by molar-refractivity contribution is 0.0976. The van der Waals surface area contributed by atoms with Gasteiger partial charge in [-0.15, -0.1) is 0 Å². The van der Waals surface area contributed by atoms with Gasteiger partial charge in [0.15, 0.2) is 5.78 Å². The molecule has 1 atom stereocenters. The summed E-state index contributed by atoms with van der Waals surface area (Å²) in [5.74, 6) is 0.116. The summed E-state index contributed by atoms with van der Waals surface area (Å²) in [4.78, 5) is 16.9. The second kappa shape index (κ2) is 7.83. The highest BCUT2D eigenvalue weighted by Crippen LogP contribution is 2.26. The van der Waals surface area contributed by atoms with Gasteiger partial charge in [0.05, 0.1) is 6.04 Å². The van der Waals surface area contributed by atoms with E-state index in [1.807, 2.05) is 54.6 Å². The molecule has 4 rings (SSSR count). The number of anilines is 1. The molecule has 0 radical (unpaired) electrons. The lowest BCUT2D eigenvalue weighted by Crippen LogP contribution is -2.16. The van der Waals surface area contributed by atoms with Crippen molar-refractivity contribution in [2.24, 2.45) is 0 Å². The summed E-state index contributed by atoms with van der Waals surface area (Å²) < 4.78 is 0. The number of hydrogen-bond donors (Lipinski definition) is 1. The first-order valence-electron chi connectivity index (χ1n) is 9.03. The maximum Gasteiger partial charge on any atom is 0.165 e. The van der Waals surface area contributed by atoms with Crippen LogP contribution in [0.25, 0.3) is 10.8 Å². The molecule has 132 valence electrons. The van der Waals surface area contributed by atoms with E-state index in [1.165, 1.54) is 10.8 Å². The van der Waals surface area contributed by atoms with E-state index in [-0.39, 0.29) is 11.8 Å². The lowest BCUT2D eigenvalue weighted by atomic mass is 9.98. The van der Waals surface area contributed by atoms with Crippen LogP contribution in [-0.4, -0.2) is 10.8 Å². The highest BCUT2D eigenvalue weighted by Gasteiger charge is 2.17. The van der Waals surface area contributed by atoms with Crippen molar-refractivity contribution in [2.75, 3.05) is 5.32 Å².